The van der Waals surface area contributed by atoms with Crippen LogP contribution in [0.3, 0.4) is 0 Å². The van der Waals surface area contributed by atoms with Crippen LogP contribution in [0.2, 0.25) is 0 Å². The number of methoxy groups -OCH3 is 2. The average molecular weight is 489 g/mol. The van der Waals surface area contributed by atoms with Gasteiger partial charge in [-0.3, -0.25) is 4.79 Å². The number of para-hydroxylation sites is 2. The van der Waals surface area contributed by atoms with Crippen molar-refractivity contribution in [2.75, 3.05) is 38.8 Å². The lowest BCUT2D eigenvalue weighted by molar-refractivity contribution is -0.148. The first-order valence-electron chi connectivity index (χ1n) is 11.1. The topological polar surface area (TPSA) is 102 Å². The number of hydrogen-bond acceptors (Lipinski definition) is 7. The molecule has 2 aromatic carbocycles. The number of sulfonamides is 1. The van der Waals surface area contributed by atoms with Crippen molar-refractivity contribution in [3.05, 3.63) is 48.0 Å². The number of hydrogen-bond donors (Lipinski definition) is 0. The van der Waals surface area contributed by atoms with Crippen molar-refractivity contribution < 1.29 is 32.2 Å². The molecule has 182 valence electrons. The normalized spacial score (nSPS) is 19.1. The second-order valence-electron chi connectivity index (χ2n) is 8.36. The smallest absolute Gasteiger partial charge is 0.348 e. The van der Waals surface area contributed by atoms with Crippen LogP contribution in [0.1, 0.15) is 18.4 Å². The van der Waals surface area contributed by atoms with E-state index in [1.807, 2.05) is 0 Å². The first-order valence-corrected chi connectivity index (χ1v) is 12.5. The van der Waals surface area contributed by atoms with Gasteiger partial charge in [-0.1, -0.05) is 12.1 Å². The number of fused-ring (bicyclic) bond motifs is 1. The van der Waals surface area contributed by atoms with Gasteiger partial charge in [-0.25, -0.2) is 13.2 Å². The molecular formula is C24H28N2O7S. The maximum absolute atomic E-state index is 13.5. The summed E-state index contributed by atoms with van der Waals surface area (Å²) in [5.41, 5.74) is 1.33. The van der Waals surface area contributed by atoms with Gasteiger partial charge in [-0.15, -0.1) is 0 Å². The van der Waals surface area contributed by atoms with Gasteiger partial charge in [-0.2, -0.15) is 4.31 Å². The van der Waals surface area contributed by atoms with Crippen molar-refractivity contribution in [1.29, 1.82) is 0 Å². The van der Waals surface area contributed by atoms with E-state index in [0.717, 1.165) is 5.56 Å². The van der Waals surface area contributed by atoms with Crippen molar-refractivity contribution in [2.45, 2.75) is 30.8 Å². The van der Waals surface area contributed by atoms with Crippen molar-refractivity contribution >= 4 is 27.6 Å². The van der Waals surface area contributed by atoms with Gasteiger partial charge in [0.25, 0.3) is 0 Å². The zero-order chi connectivity index (χ0) is 24.5. The lowest BCUT2D eigenvalue weighted by Crippen LogP contribution is -2.51. The quantitative estimate of drug-likeness (QED) is 0.596. The highest BCUT2D eigenvalue weighted by Gasteiger charge is 2.39. The molecule has 2 heterocycles. The third-order valence-corrected chi connectivity index (χ3v) is 8.21. The summed E-state index contributed by atoms with van der Waals surface area (Å²) >= 11 is 0. The van der Waals surface area contributed by atoms with Crippen molar-refractivity contribution in [3.8, 4) is 11.5 Å². The van der Waals surface area contributed by atoms with Gasteiger partial charge in [0.2, 0.25) is 22.0 Å². The lowest BCUT2D eigenvalue weighted by Gasteiger charge is -2.37. The van der Waals surface area contributed by atoms with Crippen LogP contribution in [-0.2, 0) is 24.3 Å². The third-order valence-electron chi connectivity index (χ3n) is 6.31. The molecule has 1 fully saturated rings. The Morgan fingerprint density at radius 3 is 2.41 bits per heavy atom. The standard InChI is InChI=1S/C24H28N2O7S/c1-16-14-18(8-9-20(16)31-2)34(29,30)25-12-10-17(11-13-25)23(27)26-15-22(24(28)32-3)33-21-7-5-4-6-19(21)26/h4-9,14,17,22H,10-13,15H2,1-3H3/t22-/m1/s1. The van der Waals surface area contributed by atoms with E-state index >= 15 is 0 Å². The minimum absolute atomic E-state index is 0.0478. The zero-order valence-corrected chi connectivity index (χ0v) is 20.2. The summed E-state index contributed by atoms with van der Waals surface area (Å²) in [5.74, 6) is -0.00908. The number of benzene rings is 2. The average Bonchev–Trinajstić information content (AvgIpc) is 2.87. The molecule has 2 aliphatic heterocycles. The van der Waals surface area contributed by atoms with Crippen LogP contribution >= 0.6 is 0 Å². The number of anilines is 1. The predicted octanol–water partition coefficient (Wildman–Crippen LogP) is 2.37. The first kappa shape index (κ1) is 24.0. The summed E-state index contributed by atoms with van der Waals surface area (Å²) in [6, 6.07) is 11.8. The fourth-order valence-electron chi connectivity index (χ4n) is 4.42. The Labute approximate surface area is 199 Å². The molecular weight excluding hydrogens is 460 g/mol. The molecule has 34 heavy (non-hydrogen) atoms. The van der Waals surface area contributed by atoms with Gasteiger partial charge in [0.05, 0.1) is 31.3 Å². The molecule has 10 heteroatoms. The number of esters is 1. The maximum Gasteiger partial charge on any atom is 0.348 e. The highest BCUT2D eigenvalue weighted by Crippen LogP contribution is 2.36. The largest absolute Gasteiger partial charge is 0.496 e. The summed E-state index contributed by atoms with van der Waals surface area (Å²) in [7, 11) is -0.867. The molecule has 0 spiro atoms. The Kier molecular flexibility index (Phi) is 6.81. The summed E-state index contributed by atoms with van der Waals surface area (Å²) in [6.45, 7) is 2.31. The van der Waals surface area contributed by atoms with E-state index in [0.29, 0.717) is 30.0 Å². The number of ether oxygens (including phenoxy) is 3. The van der Waals surface area contributed by atoms with Crippen LogP contribution in [0.15, 0.2) is 47.4 Å². The van der Waals surface area contributed by atoms with Crippen LogP contribution in [0, 0.1) is 12.8 Å². The molecule has 2 aromatic rings. The van der Waals surface area contributed by atoms with E-state index in [9.17, 15) is 18.0 Å². The molecule has 2 aliphatic rings. The van der Waals surface area contributed by atoms with Gasteiger partial charge >= 0.3 is 5.97 Å². The second-order valence-corrected chi connectivity index (χ2v) is 10.3. The molecule has 4 rings (SSSR count). The van der Waals surface area contributed by atoms with Crippen LogP contribution in [0.5, 0.6) is 11.5 Å². The van der Waals surface area contributed by atoms with Gasteiger partial charge in [-0.05, 0) is 55.7 Å². The maximum atomic E-state index is 13.5. The molecule has 0 aromatic heterocycles. The fraction of sp³-hybridized carbons (Fsp3) is 0.417. The van der Waals surface area contributed by atoms with E-state index in [1.54, 1.807) is 55.3 Å². The molecule has 0 unspecified atom stereocenters. The van der Waals surface area contributed by atoms with Gasteiger partial charge in [0.1, 0.15) is 11.5 Å². The Balaban J connectivity index is 1.48. The SMILES string of the molecule is COC(=O)[C@H]1CN(C(=O)C2CCN(S(=O)(=O)c3ccc(OC)c(C)c3)CC2)c2ccccc2O1. The number of rotatable bonds is 5. The van der Waals surface area contributed by atoms with Crippen molar-refractivity contribution in [3.63, 3.8) is 0 Å². The van der Waals surface area contributed by atoms with E-state index in [2.05, 4.69) is 0 Å². The number of aryl methyl sites for hydroxylation is 1. The second kappa shape index (κ2) is 9.63. The van der Waals surface area contributed by atoms with Gasteiger partial charge < -0.3 is 19.1 Å². The Hall–Kier alpha value is -3.11. The van der Waals surface area contributed by atoms with E-state index in [-0.39, 0.29) is 36.4 Å². The summed E-state index contributed by atoms with van der Waals surface area (Å²) in [5, 5.41) is 0. The Morgan fingerprint density at radius 1 is 1.06 bits per heavy atom. The van der Waals surface area contributed by atoms with E-state index in [4.69, 9.17) is 14.2 Å². The molecule has 0 aliphatic carbocycles. The first-order chi connectivity index (χ1) is 16.3. The van der Waals surface area contributed by atoms with Crippen molar-refractivity contribution in [2.24, 2.45) is 5.92 Å². The number of amides is 1. The summed E-state index contributed by atoms with van der Waals surface area (Å²) in [6.07, 6.45) is -0.145. The fourth-order valence-corrected chi connectivity index (χ4v) is 5.98. The lowest BCUT2D eigenvalue weighted by atomic mass is 9.95. The van der Waals surface area contributed by atoms with Crippen LogP contribution in [0.4, 0.5) is 5.69 Å². The molecule has 1 amide bonds. The number of nitrogens with zero attached hydrogens (tertiary/aromatic N) is 2. The number of carbonyl (C=O) groups excluding carboxylic acids is 2. The van der Waals surface area contributed by atoms with Gasteiger partial charge in [0.15, 0.2) is 0 Å². The third kappa shape index (κ3) is 4.47. The Morgan fingerprint density at radius 2 is 1.76 bits per heavy atom. The molecule has 0 saturated carbocycles. The monoisotopic (exact) mass is 488 g/mol. The van der Waals surface area contributed by atoms with Crippen molar-refractivity contribution in [1.82, 2.24) is 4.31 Å². The molecule has 1 saturated heterocycles. The van der Waals surface area contributed by atoms with Crippen LogP contribution in [-0.4, -0.2) is 64.6 Å². The number of piperidine rings is 1. The van der Waals surface area contributed by atoms with E-state index < -0.39 is 22.1 Å². The predicted molar refractivity (Wildman–Crippen MR) is 124 cm³/mol. The zero-order valence-electron chi connectivity index (χ0n) is 19.4. The summed E-state index contributed by atoms with van der Waals surface area (Å²) in [4.78, 5) is 27.3. The highest BCUT2D eigenvalue weighted by molar-refractivity contribution is 7.89. The molecule has 0 radical (unpaired) electrons. The Bertz CT molecular complexity index is 1190. The molecule has 1 atom stereocenters. The van der Waals surface area contributed by atoms with Gasteiger partial charge in [0, 0.05) is 19.0 Å². The van der Waals surface area contributed by atoms with E-state index in [1.165, 1.54) is 17.5 Å². The summed E-state index contributed by atoms with van der Waals surface area (Å²) < 4.78 is 43.5. The minimum Gasteiger partial charge on any atom is -0.496 e. The number of carbonyl (C=O) groups is 2. The van der Waals surface area contributed by atoms with Crippen LogP contribution < -0.4 is 14.4 Å². The minimum atomic E-state index is -3.68. The molecule has 0 bridgehead atoms. The molecule has 9 nitrogen and oxygen atoms in total. The highest BCUT2D eigenvalue weighted by atomic mass is 32.2. The molecule has 0 N–H and O–H groups in total. The van der Waals surface area contributed by atoms with Crippen LogP contribution in [0.25, 0.3) is 0 Å².